The lowest BCUT2D eigenvalue weighted by Crippen LogP contribution is -2.06. The van der Waals surface area contributed by atoms with Crippen LogP contribution in [0.15, 0.2) is 18.2 Å². The quantitative estimate of drug-likeness (QED) is 0.751. The van der Waals surface area contributed by atoms with Gasteiger partial charge >= 0.3 is 5.97 Å². The third kappa shape index (κ3) is 3.26. The number of aryl methyl sites for hydroxylation is 1. The predicted octanol–water partition coefficient (Wildman–Crippen LogP) is 3.26. The normalized spacial score (nSPS) is 10.1. The van der Waals surface area contributed by atoms with Crippen LogP contribution in [0.25, 0.3) is 0 Å². The van der Waals surface area contributed by atoms with E-state index in [1.54, 1.807) is 19.1 Å². The van der Waals surface area contributed by atoms with E-state index in [-0.39, 0.29) is 5.56 Å². The number of unbranched alkanes of at least 4 members (excludes halogenated alkanes) is 2. The van der Waals surface area contributed by atoms with Gasteiger partial charge in [-0.1, -0.05) is 31.9 Å². The van der Waals surface area contributed by atoms with Crippen molar-refractivity contribution in [3.8, 4) is 5.75 Å². The molecule has 0 aliphatic rings. The van der Waals surface area contributed by atoms with E-state index in [1.165, 1.54) is 0 Å². The van der Waals surface area contributed by atoms with Crippen LogP contribution in [-0.4, -0.2) is 17.7 Å². The van der Waals surface area contributed by atoms with Gasteiger partial charge < -0.3 is 9.84 Å². The number of carboxylic acids is 1. The molecule has 0 fully saturated rings. The van der Waals surface area contributed by atoms with Crippen molar-refractivity contribution in [1.82, 2.24) is 0 Å². The Balaban J connectivity index is 2.71. The van der Waals surface area contributed by atoms with Crippen LogP contribution in [0.2, 0.25) is 0 Å². The average Bonchev–Trinajstić information content (AvgIpc) is 2.24. The Morgan fingerprint density at radius 3 is 2.75 bits per heavy atom. The van der Waals surface area contributed by atoms with Gasteiger partial charge in [-0.25, -0.2) is 4.79 Å². The molecular weight excluding hydrogens is 204 g/mol. The molecule has 0 aliphatic heterocycles. The summed E-state index contributed by atoms with van der Waals surface area (Å²) in [6.45, 7) is 4.48. The summed E-state index contributed by atoms with van der Waals surface area (Å²) in [6, 6.07) is 5.31. The maximum Gasteiger partial charge on any atom is 0.339 e. The van der Waals surface area contributed by atoms with Gasteiger partial charge in [0.25, 0.3) is 0 Å². The molecule has 0 aliphatic carbocycles. The first-order valence-corrected chi connectivity index (χ1v) is 5.62. The van der Waals surface area contributed by atoms with Crippen LogP contribution in [0.5, 0.6) is 5.75 Å². The molecule has 0 heterocycles. The number of hydrogen-bond donors (Lipinski definition) is 1. The molecule has 0 saturated heterocycles. The molecule has 0 atom stereocenters. The van der Waals surface area contributed by atoms with Gasteiger partial charge in [-0.3, -0.25) is 0 Å². The number of ether oxygens (including phenoxy) is 1. The molecule has 3 nitrogen and oxygen atoms in total. The van der Waals surface area contributed by atoms with Gasteiger partial charge in [0.1, 0.15) is 11.3 Å². The molecule has 0 radical (unpaired) electrons. The maximum atomic E-state index is 11.1. The minimum atomic E-state index is -0.927. The monoisotopic (exact) mass is 222 g/mol. The molecule has 0 spiro atoms. The summed E-state index contributed by atoms with van der Waals surface area (Å²) < 4.78 is 5.50. The molecule has 1 rings (SSSR count). The first kappa shape index (κ1) is 12.6. The van der Waals surface area contributed by atoms with Gasteiger partial charge in [0.2, 0.25) is 0 Å². The van der Waals surface area contributed by atoms with E-state index < -0.39 is 5.97 Å². The molecule has 0 saturated carbocycles. The Labute approximate surface area is 96.1 Å². The van der Waals surface area contributed by atoms with Gasteiger partial charge in [0.15, 0.2) is 0 Å². The highest BCUT2D eigenvalue weighted by molar-refractivity contribution is 5.92. The molecule has 1 aromatic rings. The highest BCUT2D eigenvalue weighted by Gasteiger charge is 2.13. The van der Waals surface area contributed by atoms with Gasteiger partial charge in [0, 0.05) is 0 Å². The molecule has 16 heavy (non-hydrogen) atoms. The maximum absolute atomic E-state index is 11.1. The van der Waals surface area contributed by atoms with E-state index in [1.807, 2.05) is 6.07 Å². The van der Waals surface area contributed by atoms with Gasteiger partial charge in [0.05, 0.1) is 6.61 Å². The third-order valence-corrected chi connectivity index (χ3v) is 2.45. The third-order valence-electron chi connectivity index (χ3n) is 2.45. The van der Waals surface area contributed by atoms with Crippen molar-refractivity contribution in [3.05, 3.63) is 29.3 Å². The molecule has 3 heteroatoms. The van der Waals surface area contributed by atoms with E-state index in [4.69, 9.17) is 9.84 Å². The number of rotatable bonds is 6. The standard InChI is InChI=1S/C13H18O3/c1-3-4-5-9-16-11-8-6-7-10(2)12(11)13(14)15/h6-8H,3-5,9H2,1-2H3,(H,14,15). The van der Waals surface area contributed by atoms with Gasteiger partial charge in [-0.15, -0.1) is 0 Å². The molecule has 0 bridgehead atoms. The highest BCUT2D eigenvalue weighted by atomic mass is 16.5. The van der Waals surface area contributed by atoms with E-state index in [0.717, 1.165) is 24.8 Å². The zero-order chi connectivity index (χ0) is 12.0. The Morgan fingerprint density at radius 2 is 2.12 bits per heavy atom. The van der Waals surface area contributed by atoms with Crippen LogP contribution >= 0.6 is 0 Å². The Hall–Kier alpha value is -1.51. The zero-order valence-corrected chi connectivity index (χ0v) is 9.82. The fourth-order valence-electron chi connectivity index (χ4n) is 1.57. The predicted molar refractivity (Wildman–Crippen MR) is 63.2 cm³/mol. The minimum absolute atomic E-state index is 0.277. The van der Waals surface area contributed by atoms with Crippen LogP contribution in [0.4, 0.5) is 0 Å². The van der Waals surface area contributed by atoms with Crippen LogP contribution in [0, 0.1) is 6.92 Å². The largest absolute Gasteiger partial charge is 0.493 e. The lowest BCUT2D eigenvalue weighted by Gasteiger charge is -2.10. The summed E-state index contributed by atoms with van der Waals surface area (Å²) in [5.41, 5.74) is 1.01. The topological polar surface area (TPSA) is 46.5 Å². The van der Waals surface area contributed by atoms with Crippen molar-refractivity contribution < 1.29 is 14.6 Å². The van der Waals surface area contributed by atoms with Crippen molar-refractivity contribution in [2.24, 2.45) is 0 Å². The number of aromatic carboxylic acids is 1. The Kier molecular flexibility index (Phi) is 4.83. The van der Waals surface area contributed by atoms with Crippen LogP contribution in [0.3, 0.4) is 0 Å². The van der Waals surface area contributed by atoms with Crippen molar-refractivity contribution >= 4 is 5.97 Å². The van der Waals surface area contributed by atoms with Crippen molar-refractivity contribution in [3.63, 3.8) is 0 Å². The fraction of sp³-hybridized carbons (Fsp3) is 0.462. The summed E-state index contributed by atoms with van der Waals surface area (Å²) in [6.07, 6.45) is 3.20. The second kappa shape index (κ2) is 6.16. The molecular formula is C13H18O3. The van der Waals surface area contributed by atoms with Crippen molar-refractivity contribution in [2.75, 3.05) is 6.61 Å². The number of carbonyl (C=O) groups is 1. The van der Waals surface area contributed by atoms with Gasteiger partial charge in [-0.2, -0.15) is 0 Å². The smallest absolute Gasteiger partial charge is 0.339 e. The van der Waals surface area contributed by atoms with E-state index >= 15 is 0 Å². The zero-order valence-electron chi connectivity index (χ0n) is 9.82. The summed E-state index contributed by atoms with van der Waals surface area (Å²) in [4.78, 5) is 11.1. The van der Waals surface area contributed by atoms with Crippen molar-refractivity contribution in [2.45, 2.75) is 33.1 Å². The first-order valence-electron chi connectivity index (χ1n) is 5.62. The lowest BCUT2D eigenvalue weighted by molar-refractivity contribution is 0.0691. The first-order chi connectivity index (χ1) is 7.66. The fourth-order valence-corrected chi connectivity index (χ4v) is 1.57. The lowest BCUT2D eigenvalue weighted by atomic mass is 10.1. The second-order valence-electron chi connectivity index (χ2n) is 3.81. The molecule has 1 aromatic carbocycles. The summed E-state index contributed by atoms with van der Waals surface area (Å²) in [5, 5.41) is 9.07. The molecule has 0 amide bonds. The van der Waals surface area contributed by atoms with Crippen LogP contribution in [-0.2, 0) is 0 Å². The number of hydrogen-bond acceptors (Lipinski definition) is 2. The average molecular weight is 222 g/mol. The Morgan fingerprint density at radius 1 is 1.38 bits per heavy atom. The minimum Gasteiger partial charge on any atom is -0.493 e. The van der Waals surface area contributed by atoms with Crippen LogP contribution < -0.4 is 4.74 Å². The molecule has 0 aromatic heterocycles. The summed E-state index contributed by atoms with van der Waals surface area (Å²) in [5.74, 6) is -0.452. The van der Waals surface area contributed by atoms with Crippen LogP contribution in [0.1, 0.15) is 42.1 Å². The molecule has 0 unspecified atom stereocenters. The number of carboxylic acid groups (broad SMARTS) is 1. The van der Waals surface area contributed by atoms with Crippen molar-refractivity contribution in [1.29, 1.82) is 0 Å². The highest BCUT2D eigenvalue weighted by Crippen LogP contribution is 2.22. The van der Waals surface area contributed by atoms with Gasteiger partial charge in [-0.05, 0) is 25.0 Å². The summed E-state index contributed by atoms with van der Waals surface area (Å²) >= 11 is 0. The SMILES string of the molecule is CCCCCOc1cccc(C)c1C(=O)O. The summed E-state index contributed by atoms with van der Waals surface area (Å²) in [7, 11) is 0. The molecule has 1 N–H and O–H groups in total. The van der Waals surface area contributed by atoms with E-state index in [2.05, 4.69) is 6.92 Å². The second-order valence-corrected chi connectivity index (χ2v) is 3.81. The van der Waals surface area contributed by atoms with E-state index in [9.17, 15) is 4.79 Å². The molecule has 88 valence electrons. The Bertz CT molecular complexity index is 358. The van der Waals surface area contributed by atoms with E-state index in [0.29, 0.717) is 12.4 Å². The number of benzene rings is 1.